The lowest BCUT2D eigenvalue weighted by molar-refractivity contribution is 0.246. The van der Waals surface area contributed by atoms with Crippen LogP contribution in [0, 0.1) is 0 Å². The molecule has 0 rings (SSSR count). The lowest BCUT2D eigenvalue weighted by atomic mass is 10.0. The second-order valence-electron chi connectivity index (χ2n) is 13.3. The van der Waals surface area contributed by atoms with Gasteiger partial charge in [0.2, 0.25) is 0 Å². The highest BCUT2D eigenvalue weighted by atomic mass is 16.3. The lowest BCUT2D eigenvalue weighted by Gasteiger charge is -2.21. The molecule has 47 heavy (non-hydrogen) atoms. The molecule has 0 saturated heterocycles. The number of rotatable bonds is 36. The van der Waals surface area contributed by atoms with E-state index in [1.54, 1.807) is 0 Å². The molecule has 298 valence electrons. The molecule has 0 fully saturated rings. The summed E-state index contributed by atoms with van der Waals surface area (Å²) in [6.07, 6.45) is 42.5. The molecule has 0 aliphatic heterocycles. The smallest absolute Gasteiger partial charge is 0.0477 e. The van der Waals surface area contributed by atoms with Crippen molar-refractivity contribution < 1.29 is 24.0 Å². The van der Waals surface area contributed by atoms with E-state index in [9.17, 15) is 0 Å². The number of unbranched alkanes of at least 4 members (excludes halogenated alkanes) is 28. The Morgan fingerprint density at radius 2 is 0.617 bits per heavy atom. The Morgan fingerprint density at radius 1 is 0.404 bits per heavy atom. The van der Waals surface area contributed by atoms with Gasteiger partial charge in [0.05, 0.1) is 0 Å². The van der Waals surface area contributed by atoms with Crippen LogP contribution in [-0.4, -0.2) is 66.1 Å². The molecule has 0 amide bonds. The Balaban J connectivity index is -0.000000104. The van der Waals surface area contributed by atoms with Gasteiger partial charge in [-0.05, 0) is 45.8 Å². The summed E-state index contributed by atoms with van der Waals surface area (Å²) < 4.78 is 0. The molecule has 0 aromatic carbocycles. The number of hydrogen-bond acceptors (Lipinski definition) is 5. The Labute approximate surface area is 300 Å². The van der Waals surface area contributed by atoms with Crippen molar-refractivity contribution >= 4 is 0 Å². The van der Waals surface area contributed by atoms with Crippen LogP contribution in [0.2, 0.25) is 0 Å². The maximum absolute atomic E-state index is 8.72. The maximum Gasteiger partial charge on any atom is 0.0477 e. The second kappa shape index (κ2) is 58.0. The third-order valence-electron chi connectivity index (χ3n) is 8.85. The van der Waals surface area contributed by atoms with Crippen LogP contribution in [0.15, 0.2) is 0 Å². The van der Waals surface area contributed by atoms with Gasteiger partial charge in [0.1, 0.15) is 0 Å². The molecule has 0 unspecified atom stereocenters. The zero-order chi connectivity index (χ0) is 31.7. The minimum absolute atomic E-state index is 0. The predicted molar refractivity (Wildman–Crippen MR) is 217 cm³/mol. The van der Waals surface area contributed by atoms with Crippen molar-refractivity contribution in [1.82, 2.24) is 16.4 Å². The Bertz CT molecular complexity index is 451. The third-order valence-corrected chi connectivity index (χ3v) is 8.85. The summed E-state index contributed by atoms with van der Waals surface area (Å²) in [6, 6.07) is 0. The summed E-state index contributed by atoms with van der Waals surface area (Å²) in [4.78, 5) is 2.54. The molecule has 7 nitrogen and oxygen atoms in total. The van der Waals surface area contributed by atoms with Gasteiger partial charge in [-0.3, -0.25) is 4.90 Å². The fourth-order valence-corrected chi connectivity index (χ4v) is 5.95. The third kappa shape index (κ3) is 58.3. The maximum atomic E-state index is 8.72. The molecule has 0 saturated carbocycles. The van der Waals surface area contributed by atoms with E-state index in [1.165, 1.54) is 199 Å². The molecule has 0 aromatic heterocycles. The van der Waals surface area contributed by atoms with E-state index in [0.29, 0.717) is 13.2 Å². The van der Waals surface area contributed by atoms with Crippen LogP contribution in [0.4, 0.5) is 0 Å². The normalized spacial score (nSPS) is 10.3. The second-order valence-corrected chi connectivity index (χ2v) is 13.3. The number of hydrogen-bond donors (Lipinski definition) is 4. The molecular formula is C40H99N3O4. The van der Waals surface area contributed by atoms with Gasteiger partial charge >= 0.3 is 0 Å². The number of nitrogens with one attached hydrogen (secondary N) is 1. The highest BCUT2D eigenvalue weighted by Gasteiger charge is 2.03. The Kier molecular flexibility index (Phi) is 72.6. The van der Waals surface area contributed by atoms with Gasteiger partial charge in [0, 0.05) is 22.7 Å². The van der Waals surface area contributed by atoms with Crippen molar-refractivity contribution in [3.05, 3.63) is 0 Å². The minimum Gasteiger partial charge on any atom is -0.412 e. The van der Waals surface area contributed by atoms with Crippen LogP contribution < -0.4 is 11.5 Å². The van der Waals surface area contributed by atoms with Gasteiger partial charge in [0.15, 0.2) is 0 Å². The van der Waals surface area contributed by atoms with Crippen molar-refractivity contribution in [2.75, 3.05) is 40.0 Å². The fourth-order valence-electron chi connectivity index (χ4n) is 5.95. The number of aliphatic hydroxyl groups excluding tert-OH is 2. The topological polar surface area (TPSA) is 154 Å². The van der Waals surface area contributed by atoms with Gasteiger partial charge in [-0.25, -0.2) is 0 Å². The summed E-state index contributed by atoms with van der Waals surface area (Å²) >= 11 is 0. The van der Waals surface area contributed by atoms with Crippen LogP contribution in [-0.2, 0) is 0 Å². The first-order valence-electron chi connectivity index (χ1n) is 19.8. The summed E-state index contributed by atoms with van der Waals surface area (Å²) in [5.74, 6) is 0. The number of aliphatic hydroxyl groups is 2. The van der Waals surface area contributed by atoms with Crippen molar-refractivity contribution in [1.29, 1.82) is 0 Å². The van der Waals surface area contributed by atoms with Crippen LogP contribution in [0.5, 0.6) is 0 Å². The van der Waals surface area contributed by atoms with Gasteiger partial charge in [-0.15, -0.1) is 0 Å². The van der Waals surface area contributed by atoms with Crippen molar-refractivity contribution in [3.63, 3.8) is 0 Å². The van der Waals surface area contributed by atoms with Crippen LogP contribution in [0.1, 0.15) is 223 Å². The molecule has 0 bridgehead atoms. The van der Waals surface area contributed by atoms with Crippen molar-refractivity contribution in [2.45, 2.75) is 220 Å². The molecule has 7 heteroatoms. The predicted octanol–water partition coefficient (Wildman–Crippen LogP) is 11.2. The van der Waals surface area contributed by atoms with E-state index in [0.717, 1.165) is 19.5 Å². The standard InChI is InChI=1S/C23H48O.C16H36N2O.CH4.H3N.2H2O.2H2/c1-2-3-4-5-6-7-8-9-10-11-12-13-14-15-16-17-18-19-20-21-22-23-24;1-3-4-5-7-10-13-18(16-17-2)14-11-8-6-9-12-15-19;;;;;;/h24H,2-23H2,1H3;17,19H,3-16H2,1-2H3;1H4;1H3;2*1H2;2*1H. The monoisotopic (exact) mass is 686 g/mol. The van der Waals surface area contributed by atoms with Crippen LogP contribution >= 0.6 is 0 Å². The van der Waals surface area contributed by atoms with E-state index in [4.69, 9.17) is 10.2 Å². The molecule has 0 aliphatic carbocycles. The first-order chi connectivity index (χ1) is 21.3. The summed E-state index contributed by atoms with van der Waals surface area (Å²) in [6.45, 7) is 8.76. The highest BCUT2D eigenvalue weighted by molar-refractivity contribution is 4.58. The van der Waals surface area contributed by atoms with Crippen LogP contribution in [0.25, 0.3) is 0 Å². The van der Waals surface area contributed by atoms with E-state index in [1.807, 2.05) is 7.05 Å². The molecule has 0 aromatic rings. The van der Waals surface area contributed by atoms with Crippen molar-refractivity contribution in [2.24, 2.45) is 0 Å². The average Bonchev–Trinajstić information content (AvgIpc) is 3.02. The quantitative estimate of drug-likeness (QED) is 0.0381. The molecule has 0 aliphatic rings. The SMILES string of the molecule is C.CCCCCCCCCCCCCCCCCCCCCCCO.CCCCCCCN(CCCCCCCO)CNC.N.O.O.[HH].[HH]. The average molecular weight is 686 g/mol. The first-order valence-corrected chi connectivity index (χ1v) is 19.8. The molecule has 0 radical (unpaired) electrons. The minimum atomic E-state index is 0. The lowest BCUT2D eigenvalue weighted by Crippen LogP contribution is -2.34. The highest BCUT2D eigenvalue weighted by Crippen LogP contribution is 2.15. The zero-order valence-corrected chi connectivity index (χ0v) is 32.0. The van der Waals surface area contributed by atoms with E-state index in [-0.39, 0.29) is 27.4 Å². The fraction of sp³-hybridized carbons (Fsp3) is 1.00. The molecule has 0 spiro atoms. The van der Waals surface area contributed by atoms with E-state index in [2.05, 4.69) is 24.1 Å². The zero-order valence-electron chi connectivity index (χ0n) is 32.0. The summed E-state index contributed by atoms with van der Waals surface area (Å²) in [5.41, 5.74) is 0. The first kappa shape index (κ1) is 58.9. The van der Waals surface area contributed by atoms with Gasteiger partial charge in [0.25, 0.3) is 0 Å². The van der Waals surface area contributed by atoms with Gasteiger partial charge < -0.3 is 32.6 Å². The van der Waals surface area contributed by atoms with Crippen molar-refractivity contribution in [3.8, 4) is 0 Å². The van der Waals surface area contributed by atoms with Gasteiger partial charge in [-0.2, -0.15) is 0 Å². The largest absolute Gasteiger partial charge is 0.412 e. The van der Waals surface area contributed by atoms with E-state index < -0.39 is 0 Å². The summed E-state index contributed by atoms with van der Waals surface area (Å²) in [5, 5.41) is 20.7. The van der Waals surface area contributed by atoms with E-state index >= 15 is 0 Å². The molecule has 0 atom stereocenters. The Hall–Kier alpha value is -0.280. The molecule has 0 heterocycles. The molecule has 10 N–H and O–H groups in total. The number of nitrogens with zero attached hydrogens (tertiary/aromatic N) is 1. The Morgan fingerprint density at radius 3 is 0.830 bits per heavy atom. The van der Waals surface area contributed by atoms with Gasteiger partial charge in [-0.1, -0.05) is 195 Å². The van der Waals surface area contributed by atoms with Crippen LogP contribution in [0.3, 0.4) is 0 Å². The summed E-state index contributed by atoms with van der Waals surface area (Å²) in [7, 11) is 2.03. The molecular weight excluding hydrogens is 586 g/mol.